The molecule has 1 aromatic heterocycles. The number of nitrogens with one attached hydrogen (secondary N) is 1. The van der Waals surface area contributed by atoms with Crippen LogP contribution < -0.4 is 14.8 Å². The smallest absolute Gasteiger partial charge is 0.341 e. The number of carbonyl (C=O) groups is 2. The zero-order chi connectivity index (χ0) is 21.7. The van der Waals surface area contributed by atoms with E-state index in [9.17, 15) is 14.9 Å². The molecule has 0 saturated heterocycles. The fraction of sp³-hybridized carbons (Fsp3) is 0.318. The Morgan fingerprint density at radius 2 is 1.87 bits per heavy atom. The number of amides is 1. The number of rotatable bonds is 6. The molecule has 30 heavy (non-hydrogen) atoms. The van der Waals surface area contributed by atoms with Crippen LogP contribution in [0.2, 0.25) is 0 Å². The fourth-order valence-electron chi connectivity index (χ4n) is 3.40. The molecule has 7 nitrogen and oxygen atoms in total. The molecular weight excluding hydrogens is 404 g/mol. The summed E-state index contributed by atoms with van der Waals surface area (Å²) in [5.41, 5.74) is 1.85. The van der Waals surface area contributed by atoms with Crippen molar-refractivity contribution in [1.29, 1.82) is 5.26 Å². The van der Waals surface area contributed by atoms with Crippen LogP contribution in [-0.2, 0) is 22.4 Å². The third kappa shape index (κ3) is 4.31. The van der Waals surface area contributed by atoms with E-state index < -0.39 is 11.9 Å². The molecule has 0 bridgehead atoms. The summed E-state index contributed by atoms with van der Waals surface area (Å²) in [6.07, 6.45) is 5.14. The average molecular weight is 426 g/mol. The van der Waals surface area contributed by atoms with Crippen molar-refractivity contribution in [2.45, 2.75) is 25.7 Å². The first-order chi connectivity index (χ1) is 14.5. The number of esters is 1. The Hall–Kier alpha value is -3.31. The third-order valence-corrected chi connectivity index (χ3v) is 6.08. The van der Waals surface area contributed by atoms with Crippen molar-refractivity contribution in [2.24, 2.45) is 0 Å². The summed E-state index contributed by atoms with van der Waals surface area (Å²) in [6, 6.07) is 7.01. The molecule has 1 aliphatic rings. The minimum Gasteiger partial charge on any atom is -0.493 e. The van der Waals surface area contributed by atoms with Crippen LogP contribution in [0.1, 0.15) is 39.2 Å². The summed E-state index contributed by atoms with van der Waals surface area (Å²) in [6.45, 7) is 0. The zero-order valence-corrected chi connectivity index (χ0v) is 17.9. The second kappa shape index (κ2) is 9.46. The van der Waals surface area contributed by atoms with Crippen LogP contribution in [0.4, 0.5) is 5.00 Å². The molecule has 1 heterocycles. The van der Waals surface area contributed by atoms with E-state index in [2.05, 4.69) is 5.32 Å². The van der Waals surface area contributed by atoms with Gasteiger partial charge in [0.05, 0.1) is 26.9 Å². The van der Waals surface area contributed by atoms with Gasteiger partial charge in [0.1, 0.15) is 16.6 Å². The number of nitriles is 1. The molecule has 8 heteroatoms. The summed E-state index contributed by atoms with van der Waals surface area (Å²) < 4.78 is 15.4. The molecule has 0 aliphatic heterocycles. The number of thiophene rings is 1. The standard InChI is InChI=1S/C22H22N2O5S/c1-27-16-9-8-13(11-17(16)28-2)10-14(12-23)20(25)24-21-19(22(26)29-3)15-6-4-5-7-18(15)30-21/h8-11H,4-7H2,1-3H3,(H,24,25). The molecule has 156 valence electrons. The van der Waals surface area contributed by atoms with Crippen LogP contribution in [0, 0.1) is 11.3 Å². The molecule has 0 radical (unpaired) electrons. The van der Waals surface area contributed by atoms with Crippen LogP contribution in [0.3, 0.4) is 0 Å². The average Bonchev–Trinajstić information content (AvgIpc) is 3.14. The number of methoxy groups -OCH3 is 3. The highest BCUT2D eigenvalue weighted by molar-refractivity contribution is 7.17. The molecular formula is C22H22N2O5S. The van der Waals surface area contributed by atoms with Gasteiger partial charge in [-0.05, 0) is 55.0 Å². The van der Waals surface area contributed by atoms with Crippen molar-refractivity contribution in [3.63, 3.8) is 0 Å². The quantitative estimate of drug-likeness (QED) is 0.426. The Morgan fingerprint density at radius 3 is 2.53 bits per heavy atom. The number of hydrogen-bond acceptors (Lipinski definition) is 7. The third-order valence-electron chi connectivity index (χ3n) is 4.87. The van der Waals surface area contributed by atoms with Gasteiger partial charge in [0.15, 0.2) is 11.5 Å². The highest BCUT2D eigenvalue weighted by atomic mass is 32.1. The lowest BCUT2D eigenvalue weighted by molar-refractivity contribution is -0.112. The van der Waals surface area contributed by atoms with Gasteiger partial charge in [-0.3, -0.25) is 4.79 Å². The van der Waals surface area contributed by atoms with Crippen LogP contribution in [-0.4, -0.2) is 33.2 Å². The molecule has 1 aromatic carbocycles. The van der Waals surface area contributed by atoms with Crippen molar-refractivity contribution >= 4 is 34.3 Å². The van der Waals surface area contributed by atoms with Gasteiger partial charge in [0.2, 0.25) is 0 Å². The Bertz CT molecular complexity index is 1050. The maximum atomic E-state index is 12.8. The highest BCUT2D eigenvalue weighted by Gasteiger charge is 2.27. The largest absolute Gasteiger partial charge is 0.493 e. The van der Waals surface area contributed by atoms with Crippen molar-refractivity contribution < 1.29 is 23.8 Å². The van der Waals surface area contributed by atoms with Gasteiger partial charge < -0.3 is 19.5 Å². The fourth-order valence-corrected chi connectivity index (χ4v) is 4.67. The molecule has 0 fully saturated rings. The second-order valence-corrected chi connectivity index (χ2v) is 7.75. The lowest BCUT2D eigenvalue weighted by Gasteiger charge is -2.11. The summed E-state index contributed by atoms with van der Waals surface area (Å²) in [4.78, 5) is 26.2. The number of nitrogens with zero attached hydrogens (tertiary/aromatic N) is 1. The number of carbonyl (C=O) groups excluding carboxylic acids is 2. The maximum absolute atomic E-state index is 12.8. The van der Waals surface area contributed by atoms with E-state index in [4.69, 9.17) is 14.2 Å². The molecule has 1 amide bonds. The normalized spacial score (nSPS) is 13.1. The van der Waals surface area contributed by atoms with E-state index in [-0.39, 0.29) is 5.57 Å². The summed E-state index contributed by atoms with van der Waals surface area (Å²) in [5, 5.41) is 12.7. The topological polar surface area (TPSA) is 97.7 Å². The molecule has 0 spiro atoms. The Balaban J connectivity index is 1.91. The first-order valence-electron chi connectivity index (χ1n) is 9.40. The minimum absolute atomic E-state index is 0.0931. The van der Waals surface area contributed by atoms with Gasteiger partial charge in [-0.15, -0.1) is 11.3 Å². The van der Waals surface area contributed by atoms with Crippen molar-refractivity contribution in [1.82, 2.24) is 0 Å². The molecule has 0 saturated carbocycles. The second-order valence-electron chi connectivity index (χ2n) is 6.64. The van der Waals surface area contributed by atoms with Gasteiger partial charge in [0.25, 0.3) is 5.91 Å². The molecule has 3 rings (SSSR count). The van der Waals surface area contributed by atoms with Crippen molar-refractivity contribution in [2.75, 3.05) is 26.6 Å². The minimum atomic E-state index is -0.587. The molecule has 0 atom stereocenters. The van der Waals surface area contributed by atoms with Gasteiger partial charge in [-0.25, -0.2) is 4.79 Å². The predicted molar refractivity (Wildman–Crippen MR) is 114 cm³/mol. The molecule has 2 aromatic rings. The first kappa shape index (κ1) is 21.4. The summed E-state index contributed by atoms with van der Waals surface area (Å²) >= 11 is 1.37. The van der Waals surface area contributed by atoms with Crippen LogP contribution >= 0.6 is 11.3 Å². The highest BCUT2D eigenvalue weighted by Crippen LogP contribution is 2.38. The van der Waals surface area contributed by atoms with E-state index in [1.165, 1.54) is 38.7 Å². The summed E-state index contributed by atoms with van der Waals surface area (Å²) in [7, 11) is 4.36. The first-order valence-corrected chi connectivity index (χ1v) is 10.2. The number of aryl methyl sites for hydroxylation is 1. The molecule has 1 N–H and O–H groups in total. The SMILES string of the molecule is COC(=O)c1c(NC(=O)C(C#N)=Cc2ccc(OC)c(OC)c2)sc2c1CCCC2. The number of ether oxygens (including phenoxy) is 3. The van der Waals surface area contributed by atoms with E-state index in [0.29, 0.717) is 27.6 Å². The van der Waals surface area contributed by atoms with E-state index >= 15 is 0 Å². The number of benzene rings is 1. The van der Waals surface area contributed by atoms with E-state index in [1.807, 2.05) is 6.07 Å². The molecule has 0 unspecified atom stereocenters. The van der Waals surface area contributed by atoms with Crippen LogP contribution in [0.15, 0.2) is 23.8 Å². The van der Waals surface area contributed by atoms with E-state index in [1.54, 1.807) is 18.2 Å². The van der Waals surface area contributed by atoms with Crippen molar-refractivity contribution in [3.8, 4) is 17.6 Å². The predicted octanol–water partition coefficient (Wildman–Crippen LogP) is 3.98. The maximum Gasteiger partial charge on any atom is 0.341 e. The Kier molecular flexibility index (Phi) is 6.75. The lowest BCUT2D eigenvalue weighted by Crippen LogP contribution is -2.16. The Labute approximate surface area is 178 Å². The van der Waals surface area contributed by atoms with Crippen LogP contribution in [0.25, 0.3) is 6.08 Å². The van der Waals surface area contributed by atoms with E-state index in [0.717, 1.165) is 36.1 Å². The zero-order valence-electron chi connectivity index (χ0n) is 17.0. The monoisotopic (exact) mass is 426 g/mol. The Morgan fingerprint density at radius 1 is 1.13 bits per heavy atom. The lowest BCUT2D eigenvalue weighted by atomic mass is 9.95. The van der Waals surface area contributed by atoms with Gasteiger partial charge >= 0.3 is 5.97 Å². The van der Waals surface area contributed by atoms with Gasteiger partial charge in [-0.1, -0.05) is 6.07 Å². The molecule has 1 aliphatic carbocycles. The van der Waals surface area contributed by atoms with Crippen LogP contribution in [0.5, 0.6) is 11.5 Å². The van der Waals surface area contributed by atoms with Gasteiger partial charge in [-0.2, -0.15) is 5.26 Å². The number of fused-ring (bicyclic) bond motifs is 1. The number of anilines is 1. The number of hydrogen-bond donors (Lipinski definition) is 1. The van der Waals surface area contributed by atoms with Crippen molar-refractivity contribution in [3.05, 3.63) is 45.3 Å². The summed E-state index contributed by atoms with van der Waals surface area (Å²) in [5.74, 6) is -0.0320. The van der Waals surface area contributed by atoms with Gasteiger partial charge in [0, 0.05) is 4.88 Å².